The van der Waals surface area contributed by atoms with E-state index in [-0.39, 0.29) is 23.0 Å². The molecule has 0 saturated heterocycles. The number of halogens is 3. The Bertz CT molecular complexity index is 1410. The Morgan fingerprint density at radius 1 is 1.18 bits per heavy atom. The van der Waals surface area contributed by atoms with Crippen LogP contribution in [0.25, 0.3) is 11.4 Å². The van der Waals surface area contributed by atoms with Gasteiger partial charge in [-0.05, 0) is 70.3 Å². The highest BCUT2D eigenvalue weighted by Crippen LogP contribution is 2.36. The number of alkyl halides is 3. The minimum absolute atomic E-state index is 0.125. The van der Waals surface area contributed by atoms with Gasteiger partial charge in [0.15, 0.2) is 5.82 Å². The summed E-state index contributed by atoms with van der Waals surface area (Å²) in [4.78, 5) is 13.6. The summed E-state index contributed by atoms with van der Waals surface area (Å²) in [5.41, 5.74) is 0.164. The van der Waals surface area contributed by atoms with Gasteiger partial charge in [0.2, 0.25) is 4.90 Å². The molecule has 1 unspecified atom stereocenters. The fourth-order valence-electron chi connectivity index (χ4n) is 3.43. The van der Waals surface area contributed by atoms with Crippen LogP contribution in [0.3, 0.4) is 0 Å². The van der Waals surface area contributed by atoms with Gasteiger partial charge in [-0.15, -0.1) is 0 Å². The SMILES string of the molecule is N=C(/C=C\C(=N)C(F)(F)F)c1ccc2c(c1)CCN2[S+](=O)(O)c1ccc(-c2noc(=O)[nH]2)cc1. The molecular weight excluding hydrogens is 475 g/mol. The molecule has 13 heteroatoms. The average Bonchev–Trinajstić information content (AvgIpc) is 3.42. The van der Waals surface area contributed by atoms with E-state index in [1.807, 2.05) is 0 Å². The lowest BCUT2D eigenvalue weighted by atomic mass is 10.0. The molecule has 0 fully saturated rings. The minimum atomic E-state index is -4.79. The van der Waals surface area contributed by atoms with E-state index in [0.717, 1.165) is 6.08 Å². The highest BCUT2D eigenvalue weighted by Gasteiger charge is 2.42. The van der Waals surface area contributed by atoms with Gasteiger partial charge in [0, 0.05) is 5.56 Å². The van der Waals surface area contributed by atoms with E-state index < -0.39 is 28.0 Å². The average molecular weight is 492 g/mol. The first-order valence-corrected chi connectivity index (χ1v) is 11.2. The van der Waals surface area contributed by atoms with Gasteiger partial charge in [0.1, 0.15) is 5.71 Å². The summed E-state index contributed by atoms with van der Waals surface area (Å²) in [6.07, 6.45) is -2.99. The third kappa shape index (κ3) is 4.47. The molecule has 0 amide bonds. The Morgan fingerprint density at radius 3 is 2.50 bits per heavy atom. The Morgan fingerprint density at radius 2 is 1.88 bits per heavy atom. The van der Waals surface area contributed by atoms with Crippen LogP contribution in [0.4, 0.5) is 18.9 Å². The van der Waals surface area contributed by atoms with Crippen LogP contribution in [-0.2, 0) is 21.0 Å². The number of aromatic amines is 1. The first-order chi connectivity index (χ1) is 16.0. The zero-order valence-electron chi connectivity index (χ0n) is 17.2. The van der Waals surface area contributed by atoms with Crippen molar-refractivity contribution in [2.75, 3.05) is 10.8 Å². The number of hydrogen-bond acceptors (Lipinski definition) is 6. The molecular formula is C21H17F3N5O4S+. The Kier molecular flexibility index (Phi) is 5.83. The van der Waals surface area contributed by atoms with E-state index in [1.165, 1.54) is 34.6 Å². The largest absolute Gasteiger partial charge is 0.439 e. The van der Waals surface area contributed by atoms with Gasteiger partial charge in [0.05, 0.1) is 17.9 Å². The fourth-order valence-corrected chi connectivity index (χ4v) is 4.95. The maximum absolute atomic E-state index is 13.3. The van der Waals surface area contributed by atoms with Crippen LogP contribution in [0.1, 0.15) is 11.1 Å². The number of fused-ring (bicyclic) bond motifs is 1. The highest BCUT2D eigenvalue weighted by atomic mass is 32.3. The predicted molar refractivity (Wildman–Crippen MR) is 119 cm³/mol. The van der Waals surface area contributed by atoms with E-state index in [4.69, 9.17) is 10.8 Å². The molecule has 34 heavy (non-hydrogen) atoms. The Balaban J connectivity index is 1.55. The van der Waals surface area contributed by atoms with Crippen LogP contribution < -0.4 is 10.1 Å². The molecule has 1 aromatic heterocycles. The molecule has 9 nitrogen and oxygen atoms in total. The van der Waals surface area contributed by atoms with Gasteiger partial charge in [-0.1, -0.05) is 11.2 Å². The summed E-state index contributed by atoms with van der Waals surface area (Å²) < 4.78 is 67.3. The van der Waals surface area contributed by atoms with E-state index in [2.05, 4.69) is 14.7 Å². The standard InChI is InChI=1S/C21H16F3N5O4S/c22-21(23,24)18(26)8-6-16(25)13-3-7-17-14(11-13)9-10-29(17)34(31,32)15-4-1-12(2-5-15)19-27-20(30)33-28-19/h1-8,11,25-26H,9-10H2,(H-,27,28,30,31,32)/p+1/b8-6-,25-16?,26-18?. The summed E-state index contributed by atoms with van der Waals surface area (Å²) in [5, 5.41) is 18.5. The molecule has 2 heterocycles. The number of nitrogens with zero attached hydrogens (tertiary/aromatic N) is 2. The molecule has 176 valence electrons. The van der Waals surface area contributed by atoms with Gasteiger partial charge in [-0.3, -0.25) is 14.9 Å². The first-order valence-electron chi connectivity index (χ1n) is 9.73. The molecule has 0 spiro atoms. The normalized spacial score (nSPS) is 15.4. The third-order valence-electron chi connectivity index (χ3n) is 5.14. The number of H-pyrrole nitrogens is 1. The highest BCUT2D eigenvalue weighted by molar-refractivity contribution is 7.99. The molecule has 0 bridgehead atoms. The predicted octanol–water partition coefficient (Wildman–Crippen LogP) is 3.85. The van der Waals surface area contributed by atoms with Gasteiger partial charge in [-0.2, -0.15) is 22.0 Å². The molecule has 0 saturated carbocycles. The van der Waals surface area contributed by atoms with Crippen molar-refractivity contribution in [3.63, 3.8) is 0 Å². The lowest BCUT2D eigenvalue weighted by Gasteiger charge is -2.17. The lowest BCUT2D eigenvalue weighted by molar-refractivity contribution is -0.0584. The van der Waals surface area contributed by atoms with Crippen LogP contribution in [0.2, 0.25) is 0 Å². The summed E-state index contributed by atoms with van der Waals surface area (Å²) in [6.45, 7) is 0.217. The molecule has 0 aliphatic carbocycles. The second-order valence-corrected chi connectivity index (χ2v) is 9.22. The maximum Gasteiger partial charge on any atom is 0.439 e. The minimum Gasteiger partial charge on any atom is -0.300 e. The monoisotopic (exact) mass is 492 g/mol. The topological polar surface area (TPSA) is 147 Å². The Labute approximate surface area is 191 Å². The molecule has 4 rings (SSSR count). The summed E-state index contributed by atoms with van der Waals surface area (Å²) in [6, 6.07) is 10.5. The second kappa shape index (κ2) is 8.50. The van der Waals surface area contributed by atoms with Crippen molar-refractivity contribution in [3.8, 4) is 11.4 Å². The van der Waals surface area contributed by atoms with Gasteiger partial charge in [0.25, 0.3) is 0 Å². The van der Waals surface area contributed by atoms with Crippen molar-refractivity contribution in [2.24, 2.45) is 0 Å². The van der Waals surface area contributed by atoms with Gasteiger partial charge < -0.3 is 5.41 Å². The molecule has 1 aliphatic rings. The second-order valence-electron chi connectivity index (χ2n) is 7.32. The summed E-state index contributed by atoms with van der Waals surface area (Å²) in [5.74, 6) is -0.540. The van der Waals surface area contributed by atoms with E-state index >= 15 is 0 Å². The van der Waals surface area contributed by atoms with Crippen molar-refractivity contribution in [1.29, 1.82) is 10.8 Å². The molecule has 0 radical (unpaired) electrons. The van der Waals surface area contributed by atoms with Crippen LogP contribution in [-0.4, -0.2) is 38.8 Å². The lowest BCUT2D eigenvalue weighted by Crippen LogP contribution is -2.34. The third-order valence-corrected chi connectivity index (χ3v) is 7.00. The van der Waals surface area contributed by atoms with E-state index in [9.17, 15) is 26.7 Å². The number of rotatable bonds is 6. The number of hydrogen-bond donors (Lipinski definition) is 4. The zero-order valence-corrected chi connectivity index (χ0v) is 18.0. The number of allylic oxidation sites excluding steroid dienone is 2. The quantitative estimate of drug-likeness (QED) is 0.305. The van der Waals surface area contributed by atoms with Crippen LogP contribution >= 0.6 is 0 Å². The van der Waals surface area contributed by atoms with Crippen molar-refractivity contribution in [2.45, 2.75) is 17.5 Å². The zero-order chi connectivity index (χ0) is 24.7. The first kappa shape index (κ1) is 23.3. The van der Waals surface area contributed by atoms with Gasteiger partial charge >= 0.3 is 22.3 Å². The molecule has 2 aromatic carbocycles. The molecule has 1 aliphatic heterocycles. The van der Waals surface area contributed by atoms with Crippen LogP contribution in [0.5, 0.6) is 0 Å². The van der Waals surface area contributed by atoms with E-state index in [0.29, 0.717) is 34.9 Å². The number of nitrogens with one attached hydrogen (secondary N) is 3. The van der Waals surface area contributed by atoms with Crippen molar-refractivity contribution in [3.05, 3.63) is 76.3 Å². The maximum atomic E-state index is 13.3. The number of benzene rings is 2. The van der Waals surface area contributed by atoms with Crippen LogP contribution in [0, 0.1) is 10.8 Å². The fraction of sp³-hybridized carbons (Fsp3) is 0.143. The van der Waals surface area contributed by atoms with Crippen molar-refractivity contribution < 1.29 is 26.5 Å². The smallest absolute Gasteiger partial charge is 0.300 e. The summed E-state index contributed by atoms with van der Waals surface area (Å²) in [7, 11) is -3.67. The van der Waals surface area contributed by atoms with Crippen molar-refractivity contribution >= 4 is 27.5 Å². The number of anilines is 1. The Hall–Kier alpha value is -3.84. The van der Waals surface area contributed by atoms with Crippen molar-refractivity contribution in [1.82, 2.24) is 10.1 Å². The van der Waals surface area contributed by atoms with E-state index in [1.54, 1.807) is 12.1 Å². The molecule has 4 N–H and O–H groups in total. The molecule has 3 aromatic rings. The number of aromatic nitrogens is 2. The van der Waals surface area contributed by atoms with Gasteiger partial charge in [-0.25, -0.2) is 4.79 Å². The molecule has 1 atom stereocenters. The van der Waals surface area contributed by atoms with Crippen LogP contribution in [0.15, 0.2) is 68.8 Å². The summed E-state index contributed by atoms with van der Waals surface area (Å²) >= 11 is 0.